The van der Waals surface area contributed by atoms with E-state index in [1.165, 1.54) is 5.69 Å². The van der Waals surface area contributed by atoms with Gasteiger partial charge in [-0.25, -0.2) is 15.0 Å². The second-order valence-corrected chi connectivity index (χ2v) is 7.50. The fourth-order valence-electron chi connectivity index (χ4n) is 4.49. The molecule has 1 spiro atoms. The fraction of sp³-hybridized carbons (Fsp3) is 0.579. The summed E-state index contributed by atoms with van der Waals surface area (Å²) in [6, 6.07) is 0. The Morgan fingerprint density at radius 2 is 1.93 bits per heavy atom. The molecule has 4 rings (SSSR count). The highest BCUT2D eigenvalue weighted by molar-refractivity contribution is 5.77. The lowest BCUT2D eigenvalue weighted by molar-refractivity contribution is -0.140. The van der Waals surface area contributed by atoms with Crippen molar-refractivity contribution in [3.05, 3.63) is 30.1 Å². The van der Waals surface area contributed by atoms with Gasteiger partial charge in [0.1, 0.15) is 0 Å². The molecule has 144 valence electrons. The SMILES string of the molecule is CCC(=O)N1CCc2[nH]cnc2C12CCN(c1nccnc1N(C)C)CC2. The molecule has 0 saturated carbocycles. The van der Waals surface area contributed by atoms with Crippen molar-refractivity contribution < 1.29 is 4.79 Å². The van der Waals surface area contributed by atoms with Gasteiger partial charge in [-0.05, 0) is 12.8 Å². The van der Waals surface area contributed by atoms with E-state index in [4.69, 9.17) is 0 Å². The lowest BCUT2D eigenvalue weighted by Gasteiger charge is -2.50. The topological polar surface area (TPSA) is 81.2 Å². The number of aromatic amines is 1. The van der Waals surface area contributed by atoms with Crippen LogP contribution in [0.25, 0.3) is 0 Å². The maximum absolute atomic E-state index is 12.7. The molecule has 0 unspecified atom stereocenters. The molecule has 0 bridgehead atoms. The third-order valence-electron chi connectivity index (χ3n) is 5.84. The zero-order chi connectivity index (χ0) is 19.0. The van der Waals surface area contributed by atoms with Gasteiger partial charge < -0.3 is 19.7 Å². The number of nitrogens with zero attached hydrogens (tertiary/aromatic N) is 6. The summed E-state index contributed by atoms with van der Waals surface area (Å²) in [5.74, 6) is 1.99. The van der Waals surface area contributed by atoms with E-state index in [0.717, 1.165) is 56.2 Å². The number of piperidine rings is 1. The van der Waals surface area contributed by atoms with Gasteiger partial charge in [0.15, 0.2) is 11.6 Å². The summed E-state index contributed by atoms with van der Waals surface area (Å²) in [5.41, 5.74) is 1.93. The Morgan fingerprint density at radius 3 is 2.63 bits per heavy atom. The Bertz CT molecular complexity index is 823. The first-order valence-corrected chi connectivity index (χ1v) is 9.63. The number of aromatic nitrogens is 4. The van der Waals surface area contributed by atoms with Crippen LogP contribution in [0.15, 0.2) is 18.7 Å². The molecular weight excluding hydrogens is 342 g/mol. The molecule has 1 fully saturated rings. The second-order valence-electron chi connectivity index (χ2n) is 7.50. The van der Waals surface area contributed by atoms with Crippen molar-refractivity contribution in [2.24, 2.45) is 0 Å². The number of hydrogen-bond donors (Lipinski definition) is 1. The molecule has 0 aromatic carbocycles. The summed E-state index contributed by atoms with van der Waals surface area (Å²) in [6.07, 6.45) is 8.31. The van der Waals surface area contributed by atoms with Crippen LogP contribution in [-0.4, -0.2) is 64.5 Å². The molecule has 1 N–H and O–H groups in total. The number of amides is 1. The summed E-state index contributed by atoms with van der Waals surface area (Å²) in [5, 5.41) is 0. The standard InChI is InChI=1S/C19H27N7O/c1-4-15(27)26-10-5-14-16(23-13-22-14)19(26)6-11-25(12-7-19)18-17(24(2)3)20-8-9-21-18/h8-9,13H,4-7,10-12H2,1-3H3,(H,22,23). The lowest BCUT2D eigenvalue weighted by Crippen LogP contribution is -2.58. The maximum atomic E-state index is 12.7. The number of rotatable bonds is 3. The highest BCUT2D eigenvalue weighted by Gasteiger charge is 2.48. The van der Waals surface area contributed by atoms with Crippen LogP contribution >= 0.6 is 0 Å². The van der Waals surface area contributed by atoms with Crippen LogP contribution in [0, 0.1) is 0 Å². The van der Waals surface area contributed by atoms with Crippen LogP contribution in [0.1, 0.15) is 37.6 Å². The Hall–Kier alpha value is -2.64. The Balaban J connectivity index is 1.64. The molecule has 2 aromatic heterocycles. The normalized spacial score (nSPS) is 18.5. The second kappa shape index (κ2) is 6.83. The highest BCUT2D eigenvalue weighted by atomic mass is 16.2. The lowest BCUT2D eigenvalue weighted by atomic mass is 9.78. The quantitative estimate of drug-likeness (QED) is 0.884. The number of anilines is 2. The molecule has 2 aromatic rings. The van der Waals surface area contributed by atoms with E-state index in [-0.39, 0.29) is 11.4 Å². The monoisotopic (exact) mass is 369 g/mol. The first-order chi connectivity index (χ1) is 13.1. The molecule has 8 nitrogen and oxygen atoms in total. The molecule has 1 amide bonds. The number of imidazole rings is 1. The van der Waals surface area contributed by atoms with Crippen molar-refractivity contribution >= 4 is 17.5 Å². The number of H-pyrrole nitrogens is 1. The van der Waals surface area contributed by atoms with Gasteiger partial charge in [0, 0.05) is 64.7 Å². The minimum Gasteiger partial charge on any atom is -0.360 e. The highest BCUT2D eigenvalue weighted by Crippen LogP contribution is 2.43. The third kappa shape index (κ3) is 2.83. The van der Waals surface area contributed by atoms with Gasteiger partial charge in [-0.15, -0.1) is 0 Å². The Morgan fingerprint density at radius 1 is 1.19 bits per heavy atom. The average Bonchev–Trinajstić information content (AvgIpc) is 3.18. The fourth-order valence-corrected chi connectivity index (χ4v) is 4.49. The minimum absolute atomic E-state index is 0.214. The van der Waals surface area contributed by atoms with Crippen LogP contribution in [0.4, 0.5) is 11.6 Å². The van der Waals surface area contributed by atoms with Crippen LogP contribution in [0.2, 0.25) is 0 Å². The maximum Gasteiger partial charge on any atom is 0.223 e. The van der Waals surface area contributed by atoms with Gasteiger partial charge in [0.05, 0.1) is 17.6 Å². The zero-order valence-corrected chi connectivity index (χ0v) is 16.3. The molecule has 2 aliphatic rings. The van der Waals surface area contributed by atoms with Crippen molar-refractivity contribution in [1.29, 1.82) is 0 Å². The van der Waals surface area contributed by atoms with E-state index in [1.807, 2.05) is 25.9 Å². The first kappa shape index (κ1) is 17.8. The van der Waals surface area contributed by atoms with E-state index in [1.54, 1.807) is 18.7 Å². The molecular formula is C19H27N7O. The molecule has 4 heterocycles. The van der Waals surface area contributed by atoms with Gasteiger partial charge in [0.2, 0.25) is 5.91 Å². The van der Waals surface area contributed by atoms with Gasteiger partial charge >= 0.3 is 0 Å². The Kier molecular flexibility index (Phi) is 4.49. The minimum atomic E-state index is -0.308. The van der Waals surface area contributed by atoms with Crippen molar-refractivity contribution in [3.63, 3.8) is 0 Å². The predicted molar refractivity (Wildman–Crippen MR) is 104 cm³/mol. The van der Waals surface area contributed by atoms with Crippen molar-refractivity contribution in [1.82, 2.24) is 24.8 Å². The average molecular weight is 369 g/mol. The summed E-state index contributed by atoms with van der Waals surface area (Å²) < 4.78 is 0. The van der Waals surface area contributed by atoms with E-state index in [9.17, 15) is 4.79 Å². The summed E-state index contributed by atoms with van der Waals surface area (Å²) in [6.45, 7) is 4.34. The van der Waals surface area contributed by atoms with Gasteiger partial charge in [0.25, 0.3) is 0 Å². The molecule has 2 aliphatic heterocycles. The number of hydrogen-bond acceptors (Lipinski definition) is 6. The van der Waals surface area contributed by atoms with Crippen LogP contribution in [0.3, 0.4) is 0 Å². The van der Waals surface area contributed by atoms with Gasteiger partial charge in [-0.1, -0.05) is 6.92 Å². The summed E-state index contributed by atoms with van der Waals surface area (Å²) in [4.78, 5) is 36.1. The largest absolute Gasteiger partial charge is 0.360 e. The predicted octanol–water partition coefficient (Wildman–Crippen LogP) is 1.56. The van der Waals surface area contributed by atoms with Crippen molar-refractivity contribution in [3.8, 4) is 0 Å². The number of fused-ring (bicyclic) bond motifs is 2. The molecule has 0 aliphatic carbocycles. The number of carbonyl (C=O) groups is 1. The molecule has 0 radical (unpaired) electrons. The van der Waals surface area contributed by atoms with E-state index < -0.39 is 0 Å². The number of nitrogens with one attached hydrogen (secondary N) is 1. The van der Waals surface area contributed by atoms with E-state index in [2.05, 4.69) is 29.7 Å². The molecule has 0 atom stereocenters. The summed E-state index contributed by atoms with van der Waals surface area (Å²) >= 11 is 0. The summed E-state index contributed by atoms with van der Waals surface area (Å²) in [7, 11) is 3.97. The van der Waals surface area contributed by atoms with Crippen LogP contribution in [0.5, 0.6) is 0 Å². The first-order valence-electron chi connectivity index (χ1n) is 9.63. The molecule has 27 heavy (non-hydrogen) atoms. The van der Waals surface area contributed by atoms with Crippen molar-refractivity contribution in [2.75, 3.05) is 43.5 Å². The smallest absolute Gasteiger partial charge is 0.223 e. The van der Waals surface area contributed by atoms with E-state index in [0.29, 0.717) is 6.42 Å². The number of carbonyl (C=O) groups excluding carboxylic acids is 1. The molecule has 1 saturated heterocycles. The van der Waals surface area contributed by atoms with Crippen molar-refractivity contribution in [2.45, 2.75) is 38.1 Å². The van der Waals surface area contributed by atoms with Crippen LogP contribution < -0.4 is 9.80 Å². The molecule has 8 heteroatoms. The zero-order valence-electron chi connectivity index (χ0n) is 16.3. The van der Waals surface area contributed by atoms with Gasteiger partial charge in [-0.2, -0.15) is 0 Å². The Labute approximate surface area is 159 Å². The van der Waals surface area contributed by atoms with E-state index >= 15 is 0 Å². The van der Waals surface area contributed by atoms with Crippen LogP contribution in [-0.2, 0) is 16.8 Å². The third-order valence-corrected chi connectivity index (χ3v) is 5.84. The van der Waals surface area contributed by atoms with Gasteiger partial charge in [-0.3, -0.25) is 4.79 Å².